The third kappa shape index (κ3) is 4.64. The topological polar surface area (TPSA) is 64.6 Å². The van der Waals surface area contributed by atoms with Crippen molar-refractivity contribution < 1.29 is 17.9 Å². The van der Waals surface area contributed by atoms with Gasteiger partial charge < -0.3 is 9.47 Å². The molecule has 24 heavy (non-hydrogen) atoms. The first kappa shape index (κ1) is 18.1. The number of rotatable bonds is 8. The largest absolute Gasteiger partial charge is 0.497 e. The van der Waals surface area contributed by atoms with E-state index in [-0.39, 0.29) is 4.90 Å². The Labute approximate surface area is 143 Å². The summed E-state index contributed by atoms with van der Waals surface area (Å²) in [6.07, 6.45) is 3.16. The number of methoxy groups -OCH3 is 2. The Kier molecular flexibility index (Phi) is 6.09. The third-order valence-corrected chi connectivity index (χ3v) is 5.05. The number of sulfonamides is 1. The van der Waals surface area contributed by atoms with Crippen LogP contribution in [-0.2, 0) is 16.4 Å². The van der Waals surface area contributed by atoms with E-state index in [1.54, 1.807) is 30.3 Å². The number of hydrogen-bond donors (Lipinski definition) is 1. The number of anilines is 1. The van der Waals surface area contributed by atoms with Gasteiger partial charge in [0.25, 0.3) is 10.0 Å². The van der Waals surface area contributed by atoms with Crippen molar-refractivity contribution >= 4 is 15.7 Å². The zero-order valence-electron chi connectivity index (χ0n) is 14.2. The van der Waals surface area contributed by atoms with Crippen LogP contribution >= 0.6 is 0 Å². The van der Waals surface area contributed by atoms with Crippen LogP contribution in [0.1, 0.15) is 25.3 Å². The van der Waals surface area contributed by atoms with Crippen molar-refractivity contribution in [2.75, 3.05) is 18.9 Å². The predicted molar refractivity (Wildman–Crippen MR) is 95.4 cm³/mol. The molecule has 0 bridgehead atoms. The van der Waals surface area contributed by atoms with Crippen LogP contribution in [0.15, 0.2) is 47.4 Å². The van der Waals surface area contributed by atoms with Gasteiger partial charge in [0.2, 0.25) is 0 Å². The maximum Gasteiger partial charge on any atom is 0.261 e. The number of unbranched alkanes of at least 4 members (excludes halogenated alkanes) is 1. The summed E-state index contributed by atoms with van der Waals surface area (Å²) >= 11 is 0. The first-order chi connectivity index (χ1) is 11.5. The predicted octanol–water partition coefficient (Wildman–Crippen LogP) is 3.85. The summed E-state index contributed by atoms with van der Waals surface area (Å²) in [6.45, 7) is 2.13. The Hall–Kier alpha value is -2.21. The molecule has 0 radical (unpaired) electrons. The van der Waals surface area contributed by atoms with E-state index in [1.807, 2.05) is 12.1 Å². The second-order valence-corrected chi connectivity index (χ2v) is 7.14. The maximum atomic E-state index is 12.5. The van der Waals surface area contributed by atoms with E-state index in [0.29, 0.717) is 17.2 Å². The van der Waals surface area contributed by atoms with Crippen LogP contribution < -0.4 is 14.2 Å². The van der Waals surface area contributed by atoms with E-state index < -0.39 is 10.0 Å². The van der Waals surface area contributed by atoms with Crippen LogP contribution in [-0.4, -0.2) is 22.6 Å². The van der Waals surface area contributed by atoms with Crippen LogP contribution in [0, 0.1) is 0 Å². The highest BCUT2D eigenvalue weighted by Gasteiger charge is 2.15. The van der Waals surface area contributed by atoms with E-state index in [0.717, 1.165) is 24.8 Å². The second-order valence-electron chi connectivity index (χ2n) is 5.45. The van der Waals surface area contributed by atoms with Crippen molar-refractivity contribution in [2.24, 2.45) is 0 Å². The van der Waals surface area contributed by atoms with Gasteiger partial charge in [0.1, 0.15) is 11.5 Å². The Morgan fingerprint density at radius 3 is 2.04 bits per heavy atom. The molecule has 0 fully saturated rings. The molecule has 0 heterocycles. The van der Waals surface area contributed by atoms with Gasteiger partial charge in [-0.3, -0.25) is 4.72 Å². The molecule has 0 saturated heterocycles. The van der Waals surface area contributed by atoms with Crippen molar-refractivity contribution in [3.8, 4) is 11.5 Å². The molecule has 5 nitrogen and oxygen atoms in total. The normalized spacial score (nSPS) is 11.1. The fourth-order valence-electron chi connectivity index (χ4n) is 2.30. The van der Waals surface area contributed by atoms with Crippen LogP contribution in [0.25, 0.3) is 0 Å². The summed E-state index contributed by atoms with van der Waals surface area (Å²) in [7, 11) is -0.630. The Morgan fingerprint density at radius 2 is 1.54 bits per heavy atom. The minimum absolute atomic E-state index is 0.226. The molecule has 0 aliphatic rings. The zero-order chi connectivity index (χ0) is 17.6. The summed E-state index contributed by atoms with van der Waals surface area (Å²) in [5, 5.41) is 0. The fourth-order valence-corrected chi connectivity index (χ4v) is 3.34. The molecule has 2 rings (SSSR count). The van der Waals surface area contributed by atoms with Gasteiger partial charge in [0.15, 0.2) is 0 Å². The highest BCUT2D eigenvalue weighted by Crippen LogP contribution is 2.27. The highest BCUT2D eigenvalue weighted by atomic mass is 32.2. The van der Waals surface area contributed by atoms with E-state index in [9.17, 15) is 8.42 Å². The van der Waals surface area contributed by atoms with Crippen molar-refractivity contribution in [3.63, 3.8) is 0 Å². The highest BCUT2D eigenvalue weighted by molar-refractivity contribution is 7.92. The number of ether oxygens (including phenoxy) is 2. The van der Waals surface area contributed by atoms with Gasteiger partial charge in [-0.25, -0.2) is 8.42 Å². The van der Waals surface area contributed by atoms with Crippen molar-refractivity contribution in [1.29, 1.82) is 0 Å². The minimum Gasteiger partial charge on any atom is -0.497 e. The summed E-state index contributed by atoms with van der Waals surface area (Å²) in [5.41, 5.74) is 1.53. The van der Waals surface area contributed by atoms with Gasteiger partial charge in [0, 0.05) is 18.2 Å². The molecule has 0 spiro atoms. The lowest BCUT2D eigenvalue weighted by Crippen LogP contribution is -2.13. The molecule has 0 aliphatic heterocycles. The molecule has 0 saturated carbocycles. The Morgan fingerprint density at radius 1 is 0.958 bits per heavy atom. The molecule has 0 amide bonds. The molecule has 6 heteroatoms. The Balaban J connectivity index is 2.21. The van der Waals surface area contributed by atoms with Gasteiger partial charge in [-0.05, 0) is 30.5 Å². The van der Waals surface area contributed by atoms with Gasteiger partial charge in [-0.2, -0.15) is 0 Å². The van der Waals surface area contributed by atoms with Gasteiger partial charge in [-0.1, -0.05) is 25.5 Å². The first-order valence-corrected chi connectivity index (χ1v) is 9.31. The second kappa shape index (κ2) is 8.06. The van der Waals surface area contributed by atoms with Crippen LogP contribution in [0.4, 0.5) is 5.69 Å². The quantitative estimate of drug-likeness (QED) is 0.786. The molecule has 0 aliphatic carbocycles. The number of aryl methyl sites for hydroxylation is 1. The molecule has 2 aromatic rings. The average Bonchev–Trinajstić information content (AvgIpc) is 2.59. The van der Waals surface area contributed by atoms with E-state index in [2.05, 4.69) is 11.6 Å². The average molecular weight is 349 g/mol. The lowest BCUT2D eigenvalue weighted by atomic mass is 10.1. The molecule has 2 aromatic carbocycles. The summed E-state index contributed by atoms with van der Waals surface area (Å²) in [5.74, 6) is 1.03. The monoisotopic (exact) mass is 349 g/mol. The minimum atomic E-state index is -3.66. The van der Waals surface area contributed by atoms with Crippen LogP contribution in [0.3, 0.4) is 0 Å². The molecule has 0 unspecified atom stereocenters. The van der Waals surface area contributed by atoms with Crippen molar-refractivity contribution in [1.82, 2.24) is 0 Å². The molecule has 130 valence electrons. The number of hydrogen-bond acceptors (Lipinski definition) is 4. The SMILES string of the molecule is CCCCc1ccc(S(=O)(=O)Nc2cc(OC)cc(OC)c2)cc1. The zero-order valence-corrected chi connectivity index (χ0v) is 15.0. The molecule has 0 atom stereocenters. The number of nitrogens with one attached hydrogen (secondary N) is 1. The van der Waals surface area contributed by atoms with Crippen molar-refractivity contribution in [2.45, 2.75) is 31.1 Å². The Bertz CT molecular complexity index is 748. The van der Waals surface area contributed by atoms with Gasteiger partial charge in [-0.15, -0.1) is 0 Å². The number of benzene rings is 2. The smallest absolute Gasteiger partial charge is 0.261 e. The summed E-state index contributed by atoms with van der Waals surface area (Å²) in [4.78, 5) is 0.226. The van der Waals surface area contributed by atoms with Gasteiger partial charge >= 0.3 is 0 Å². The lowest BCUT2D eigenvalue weighted by Gasteiger charge is -2.12. The summed E-state index contributed by atoms with van der Waals surface area (Å²) in [6, 6.07) is 11.9. The third-order valence-electron chi connectivity index (χ3n) is 3.66. The van der Waals surface area contributed by atoms with E-state index >= 15 is 0 Å². The molecule has 1 N–H and O–H groups in total. The van der Waals surface area contributed by atoms with E-state index in [4.69, 9.17) is 9.47 Å². The van der Waals surface area contributed by atoms with Gasteiger partial charge in [0.05, 0.1) is 24.8 Å². The van der Waals surface area contributed by atoms with Crippen LogP contribution in [0.2, 0.25) is 0 Å². The summed E-state index contributed by atoms with van der Waals surface area (Å²) < 4.78 is 37.9. The lowest BCUT2D eigenvalue weighted by molar-refractivity contribution is 0.395. The van der Waals surface area contributed by atoms with Crippen molar-refractivity contribution in [3.05, 3.63) is 48.0 Å². The van der Waals surface area contributed by atoms with Crippen LogP contribution in [0.5, 0.6) is 11.5 Å². The maximum absolute atomic E-state index is 12.5. The van der Waals surface area contributed by atoms with E-state index in [1.165, 1.54) is 14.2 Å². The molecular weight excluding hydrogens is 326 g/mol. The molecular formula is C18H23NO4S. The fraction of sp³-hybridized carbons (Fsp3) is 0.333. The molecule has 0 aromatic heterocycles. The standard InChI is InChI=1S/C18H23NO4S/c1-4-5-6-14-7-9-18(10-8-14)24(20,21)19-15-11-16(22-2)13-17(12-15)23-3/h7-13,19H,4-6H2,1-3H3. The first-order valence-electron chi connectivity index (χ1n) is 7.83.